The Bertz CT molecular complexity index is 312. The highest BCUT2D eigenvalue weighted by atomic mass is 32.1. The smallest absolute Gasteiger partial charge is 0.0386 e. The summed E-state index contributed by atoms with van der Waals surface area (Å²) in [7, 11) is 0. The minimum absolute atomic E-state index is 0.533. The highest BCUT2D eigenvalue weighted by molar-refractivity contribution is 7.12. The van der Waals surface area contributed by atoms with Gasteiger partial charge in [-0.05, 0) is 50.8 Å². The molecule has 0 spiro atoms. The number of nitrogens with one attached hydrogen (secondary N) is 1. The minimum atomic E-state index is 0.533. The second-order valence-electron chi connectivity index (χ2n) is 4.94. The van der Waals surface area contributed by atoms with Crippen molar-refractivity contribution in [3.05, 3.63) is 21.9 Å². The van der Waals surface area contributed by atoms with Crippen molar-refractivity contribution >= 4 is 11.3 Å². The summed E-state index contributed by atoms with van der Waals surface area (Å²) < 4.78 is 0. The van der Waals surface area contributed by atoms with Crippen LogP contribution in [0.2, 0.25) is 0 Å². The largest absolute Gasteiger partial charge is 0.309 e. The molecule has 1 aliphatic rings. The van der Waals surface area contributed by atoms with Crippen molar-refractivity contribution in [2.75, 3.05) is 6.54 Å². The van der Waals surface area contributed by atoms with E-state index in [9.17, 15) is 0 Å². The van der Waals surface area contributed by atoms with Crippen molar-refractivity contribution < 1.29 is 0 Å². The van der Waals surface area contributed by atoms with Crippen LogP contribution in [0, 0.1) is 5.92 Å². The molecule has 1 heterocycles. The first-order chi connectivity index (χ1) is 7.79. The normalized spacial score (nSPS) is 19.1. The number of hydrogen-bond donors (Lipinski definition) is 1. The average Bonchev–Trinajstić information content (AvgIpc) is 2.96. The van der Waals surface area contributed by atoms with E-state index in [0.717, 1.165) is 5.92 Å². The van der Waals surface area contributed by atoms with Crippen molar-refractivity contribution in [2.45, 2.75) is 52.0 Å². The quantitative estimate of drug-likeness (QED) is 0.811. The maximum Gasteiger partial charge on any atom is 0.0386 e. The predicted octanol–water partition coefficient (Wildman–Crippen LogP) is 4.15. The molecule has 1 atom stereocenters. The lowest BCUT2D eigenvalue weighted by Crippen LogP contribution is -2.23. The Kier molecular flexibility index (Phi) is 4.42. The third-order valence-corrected chi connectivity index (χ3v) is 5.06. The zero-order chi connectivity index (χ0) is 11.4. The Morgan fingerprint density at radius 1 is 1.38 bits per heavy atom. The van der Waals surface area contributed by atoms with Gasteiger partial charge in [0.1, 0.15) is 0 Å². The maximum absolute atomic E-state index is 3.69. The average molecular weight is 237 g/mol. The van der Waals surface area contributed by atoms with Crippen molar-refractivity contribution in [3.63, 3.8) is 0 Å². The van der Waals surface area contributed by atoms with E-state index >= 15 is 0 Å². The molecule has 0 aliphatic heterocycles. The van der Waals surface area contributed by atoms with E-state index in [-0.39, 0.29) is 0 Å². The first-order valence-electron chi connectivity index (χ1n) is 6.61. The molecule has 90 valence electrons. The molecule has 2 heteroatoms. The summed E-state index contributed by atoms with van der Waals surface area (Å²) in [5.74, 6) is 0.938. The molecule has 0 bridgehead atoms. The SMILES string of the molecule is CCc1ccc(C(C)NCC2CCCC2)s1. The van der Waals surface area contributed by atoms with E-state index in [0.29, 0.717) is 6.04 Å². The molecular formula is C14H23NS. The molecular weight excluding hydrogens is 214 g/mol. The van der Waals surface area contributed by atoms with E-state index in [1.807, 2.05) is 11.3 Å². The van der Waals surface area contributed by atoms with E-state index < -0.39 is 0 Å². The number of aryl methyl sites for hydroxylation is 1. The topological polar surface area (TPSA) is 12.0 Å². The van der Waals surface area contributed by atoms with Gasteiger partial charge < -0.3 is 5.32 Å². The molecule has 1 aromatic rings. The van der Waals surface area contributed by atoms with E-state index in [4.69, 9.17) is 0 Å². The van der Waals surface area contributed by atoms with Gasteiger partial charge in [0.15, 0.2) is 0 Å². The zero-order valence-corrected chi connectivity index (χ0v) is 11.3. The summed E-state index contributed by atoms with van der Waals surface area (Å²) in [6.45, 7) is 5.73. The van der Waals surface area contributed by atoms with Crippen LogP contribution in [0.1, 0.15) is 55.3 Å². The van der Waals surface area contributed by atoms with Crippen LogP contribution in [0.4, 0.5) is 0 Å². The van der Waals surface area contributed by atoms with Gasteiger partial charge >= 0.3 is 0 Å². The monoisotopic (exact) mass is 237 g/mol. The van der Waals surface area contributed by atoms with Gasteiger partial charge in [-0.25, -0.2) is 0 Å². The lowest BCUT2D eigenvalue weighted by atomic mass is 10.1. The summed E-state index contributed by atoms with van der Waals surface area (Å²) in [6, 6.07) is 5.09. The van der Waals surface area contributed by atoms with Crippen LogP contribution in [-0.2, 0) is 6.42 Å². The summed E-state index contributed by atoms with van der Waals surface area (Å²) in [5.41, 5.74) is 0. The Morgan fingerprint density at radius 3 is 2.75 bits per heavy atom. The van der Waals surface area contributed by atoms with Crippen LogP contribution in [0.15, 0.2) is 12.1 Å². The lowest BCUT2D eigenvalue weighted by molar-refractivity contribution is 0.455. The van der Waals surface area contributed by atoms with Crippen molar-refractivity contribution in [3.8, 4) is 0 Å². The first kappa shape index (κ1) is 12.1. The fraction of sp³-hybridized carbons (Fsp3) is 0.714. The van der Waals surface area contributed by atoms with Gasteiger partial charge in [-0.1, -0.05) is 19.8 Å². The molecule has 1 nitrogen and oxygen atoms in total. The molecule has 1 aromatic heterocycles. The van der Waals surface area contributed by atoms with Crippen LogP contribution in [0.5, 0.6) is 0 Å². The molecule has 16 heavy (non-hydrogen) atoms. The van der Waals surface area contributed by atoms with Gasteiger partial charge in [0.25, 0.3) is 0 Å². The van der Waals surface area contributed by atoms with Gasteiger partial charge in [0.2, 0.25) is 0 Å². The number of rotatable bonds is 5. The standard InChI is InChI=1S/C14H23NS/c1-3-13-8-9-14(16-13)11(2)15-10-12-6-4-5-7-12/h8-9,11-12,15H,3-7,10H2,1-2H3. The second-order valence-corrected chi connectivity index (χ2v) is 6.14. The van der Waals surface area contributed by atoms with Gasteiger partial charge in [0, 0.05) is 15.8 Å². The summed E-state index contributed by atoms with van der Waals surface area (Å²) in [5, 5.41) is 3.69. The predicted molar refractivity (Wildman–Crippen MR) is 72.1 cm³/mol. The Balaban J connectivity index is 1.80. The maximum atomic E-state index is 3.69. The number of hydrogen-bond acceptors (Lipinski definition) is 2. The van der Waals surface area contributed by atoms with Gasteiger partial charge in [0.05, 0.1) is 0 Å². The van der Waals surface area contributed by atoms with E-state index in [2.05, 4.69) is 31.3 Å². The van der Waals surface area contributed by atoms with Crippen LogP contribution in [-0.4, -0.2) is 6.54 Å². The molecule has 2 rings (SSSR count). The van der Waals surface area contributed by atoms with Crippen LogP contribution in [0.25, 0.3) is 0 Å². The van der Waals surface area contributed by atoms with Gasteiger partial charge in [-0.3, -0.25) is 0 Å². The Hall–Kier alpha value is -0.340. The Labute approximate surface area is 103 Å². The molecule has 1 fully saturated rings. The molecule has 1 saturated carbocycles. The molecule has 0 amide bonds. The Morgan fingerprint density at radius 2 is 2.12 bits per heavy atom. The molecule has 1 N–H and O–H groups in total. The fourth-order valence-electron chi connectivity index (χ4n) is 2.48. The van der Waals surface area contributed by atoms with Crippen LogP contribution < -0.4 is 5.32 Å². The molecule has 0 radical (unpaired) electrons. The number of thiophene rings is 1. The summed E-state index contributed by atoms with van der Waals surface area (Å²) >= 11 is 1.96. The highest BCUT2D eigenvalue weighted by Crippen LogP contribution is 2.26. The summed E-state index contributed by atoms with van der Waals surface area (Å²) in [6.07, 6.45) is 6.92. The lowest BCUT2D eigenvalue weighted by Gasteiger charge is -2.15. The third-order valence-electron chi connectivity index (χ3n) is 3.65. The molecule has 0 aromatic carbocycles. The highest BCUT2D eigenvalue weighted by Gasteiger charge is 2.16. The summed E-state index contributed by atoms with van der Waals surface area (Å²) in [4.78, 5) is 3.00. The van der Waals surface area contributed by atoms with Gasteiger partial charge in [-0.15, -0.1) is 11.3 Å². The fourth-order valence-corrected chi connectivity index (χ4v) is 3.46. The van der Waals surface area contributed by atoms with Crippen LogP contribution in [0.3, 0.4) is 0 Å². The first-order valence-corrected chi connectivity index (χ1v) is 7.43. The zero-order valence-electron chi connectivity index (χ0n) is 10.5. The molecule has 1 aliphatic carbocycles. The van der Waals surface area contributed by atoms with Gasteiger partial charge in [-0.2, -0.15) is 0 Å². The minimum Gasteiger partial charge on any atom is -0.309 e. The molecule has 0 saturated heterocycles. The second kappa shape index (κ2) is 5.83. The third kappa shape index (κ3) is 3.08. The van der Waals surface area contributed by atoms with E-state index in [1.54, 1.807) is 0 Å². The molecule has 1 unspecified atom stereocenters. The van der Waals surface area contributed by atoms with Crippen molar-refractivity contribution in [1.29, 1.82) is 0 Å². The van der Waals surface area contributed by atoms with Crippen molar-refractivity contribution in [2.24, 2.45) is 5.92 Å². The van der Waals surface area contributed by atoms with E-state index in [1.165, 1.54) is 48.4 Å². The van der Waals surface area contributed by atoms with Crippen LogP contribution >= 0.6 is 11.3 Å². The van der Waals surface area contributed by atoms with Crippen molar-refractivity contribution in [1.82, 2.24) is 5.32 Å².